The number of rotatable bonds is 5. The number of carbonyl (C=O) groups excluding carboxylic acids is 1. The lowest BCUT2D eigenvalue weighted by atomic mass is 10.1. The molecule has 0 bridgehead atoms. The Morgan fingerprint density at radius 2 is 2.19 bits per heavy atom. The first-order chi connectivity index (χ1) is 9.97. The molecule has 0 radical (unpaired) electrons. The molecule has 1 unspecified atom stereocenters. The minimum Gasteiger partial charge on any atom is -0.391 e. The number of aliphatic hydroxyl groups excluding tert-OH is 1. The summed E-state index contributed by atoms with van der Waals surface area (Å²) in [6.45, 7) is 5.98. The fourth-order valence-electron chi connectivity index (χ4n) is 1.79. The molecule has 2 N–H and O–H groups in total. The molecule has 0 saturated heterocycles. The number of nitrogens with zero attached hydrogens (tertiary/aromatic N) is 3. The van der Waals surface area contributed by atoms with Gasteiger partial charge >= 0.3 is 0 Å². The molecule has 0 fully saturated rings. The quantitative estimate of drug-likeness (QED) is 0.869. The van der Waals surface area contributed by atoms with Gasteiger partial charge in [0.2, 0.25) is 0 Å². The van der Waals surface area contributed by atoms with E-state index in [1.54, 1.807) is 10.9 Å². The Hall–Kier alpha value is -2.21. The normalized spacial score (nSPS) is 12.4. The topological polar surface area (TPSA) is 80.0 Å². The van der Waals surface area contributed by atoms with Gasteiger partial charge in [0.15, 0.2) is 5.69 Å². The highest BCUT2D eigenvalue weighted by molar-refractivity contribution is 5.91. The summed E-state index contributed by atoms with van der Waals surface area (Å²) in [5, 5.41) is 20.1. The van der Waals surface area contributed by atoms with Gasteiger partial charge in [-0.25, -0.2) is 4.68 Å². The Labute approximate surface area is 123 Å². The fourth-order valence-corrected chi connectivity index (χ4v) is 1.79. The van der Waals surface area contributed by atoms with E-state index in [4.69, 9.17) is 0 Å². The van der Waals surface area contributed by atoms with Crippen molar-refractivity contribution in [3.63, 3.8) is 0 Å². The van der Waals surface area contributed by atoms with E-state index in [1.165, 1.54) is 0 Å². The molecule has 0 saturated carbocycles. The SMILES string of the molecule is Cc1cccc(-n2cc(C(=O)NCC(O)C(C)C)nn2)c1. The second-order valence-corrected chi connectivity index (χ2v) is 5.41. The molecule has 1 aromatic heterocycles. The summed E-state index contributed by atoms with van der Waals surface area (Å²) >= 11 is 0. The van der Waals surface area contributed by atoms with Crippen LogP contribution < -0.4 is 5.32 Å². The van der Waals surface area contributed by atoms with Crippen molar-refractivity contribution in [2.75, 3.05) is 6.54 Å². The van der Waals surface area contributed by atoms with Gasteiger partial charge in [-0.15, -0.1) is 5.10 Å². The van der Waals surface area contributed by atoms with Crippen LogP contribution in [0, 0.1) is 12.8 Å². The van der Waals surface area contributed by atoms with E-state index in [-0.39, 0.29) is 24.1 Å². The molecule has 0 aliphatic heterocycles. The van der Waals surface area contributed by atoms with Crippen molar-refractivity contribution >= 4 is 5.91 Å². The van der Waals surface area contributed by atoms with Crippen LogP contribution >= 0.6 is 0 Å². The third-order valence-corrected chi connectivity index (χ3v) is 3.23. The van der Waals surface area contributed by atoms with Crippen LogP contribution in [0.3, 0.4) is 0 Å². The molecule has 1 heterocycles. The lowest BCUT2D eigenvalue weighted by Gasteiger charge is -2.14. The predicted molar refractivity (Wildman–Crippen MR) is 79.3 cm³/mol. The lowest BCUT2D eigenvalue weighted by Crippen LogP contribution is -2.34. The highest BCUT2D eigenvalue weighted by Gasteiger charge is 2.14. The van der Waals surface area contributed by atoms with E-state index in [2.05, 4.69) is 15.6 Å². The van der Waals surface area contributed by atoms with Gasteiger partial charge in [-0.05, 0) is 30.5 Å². The summed E-state index contributed by atoms with van der Waals surface area (Å²) in [5.74, 6) is -0.248. The van der Waals surface area contributed by atoms with Crippen molar-refractivity contribution in [1.29, 1.82) is 0 Å². The van der Waals surface area contributed by atoms with E-state index in [0.29, 0.717) is 0 Å². The molecule has 1 aromatic carbocycles. The average molecular weight is 288 g/mol. The van der Waals surface area contributed by atoms with Crippen molar-refractivity contribution in [2.24, 2.45) is 5.92 Å². The molecule has 0 spiro atoms. The minimum atomic E-state index is -0.569. The van der Waals surface area contributed by atoms with E-state index >= 15 is 0 Å². The highest BCUT2D eigenvalue weighted by atomic mass is 16.3. The van der Waals surface area contributed by atoms with Crippen molar-refractivity contribution in [3.05, 3.63) is 41.7 Å². The predicted octanol–water partition coefficient (Wildman–Crippen LogP) is 1.32. The van der Waals surface area contributed by atoms with Crippen molar-refractivity contribution in [3.8, 4) is 5.69 Å². The smallest absolute Gasteiger partial charge is 0.273 e. The van der Waals surface area contributed by atoms with Gasteiger partial charge in [-0.3, -0.25) is 4.79 Å². The van der Waals surface area contributed by atoms with Crippen LogP contribution in [0.2, 0.25) is 0 Å². The second kappa shape index (κ2) is 6.49. The Kier molecular flexibility index (Phi) is 4.70. The van der Waals surface area contributed by atoms with Gasteiger partial charge in [0, 0.05) is 6.54 Å². The number of hydrogen-bond donors (Lipinski definition) is 2. The molecule has 112 valence electrons. The van der Waals surface area contributed by atoms with Gasteiger partial charge in [-0.2, -0.15) is 0 Å². The van der Waals surface area contributed by atoms with Crippen LogP contribution in [0.25, 0.3) is 5.69 Å². The molecule has 0 aliphatic rings. The molecule has 2 rings (SSSR count). The number of aryl methyl sites for hydroxylation is 1. The first-order valence-corrected chi connectivity index (χ1v) is 6.93. The third kappa shape index (κ3) is 3.88. The summed E-state index contributed by atoms with van der Waals surface area (Å²) < 4.78 is 1.56. The van der Waals surface area contributed by atoms with Gasteiger partial charge in [-0.1, -0.05) is 31.2 Å². The Balaban J connectivity index is 2.04. The Bertz CT molecular complexity index is 622. The van der Waals surface area contributed by atoms with Crippen LogP contribution in [-0.2, 0) is 0 Å². The lowest BCUT2D eigenvalue weighted by molar-refractivity contribution is 0.0867. The molecule has 6 heteroatoms. The van der Waals surface area contributed by atoms with E-state index in [0.717, 1.165) is 11.3 Å². The number of hydrogen-bond acceptors (Lipinski definition) is 4. The van der Waals surface area contributed by atoms with Crippen molar-refractivity contribution in [1.82, 2.24) is 20.3 Å². The number of aliphatic hydroxyl groups is 1. The van der Waals surface area contributed by atoms with Gasteiger partial charge < -0.3 is 10.4 Å². The van der Waals surface area contributed by atoms with Gasteiger partial charge in [0.25, 0.3) is 5.91 Å². The van der Waals surface area contributed by atoms with Gasteiger partial charge in [0.1, 0.15) is 0 Å². The van der Waals surface area contributed by atoms with Gasteiger partial charge in [0.05, 0.1) is 18.0 Å². The molecular weight excluding hydrogens is 268 g/mol. The molecule has 1 atom stereocenters. The van der Waals surface area contributed by atoms with Crippen LogP contribution in [0.15, 0.2) is 30.5 Å². The Morgan fingerprint density at radius 1 is 1.43 bits per heavy atom. The number of nitrogens with one attached hydrogen (secondary N) is 1. The fraction of sp³-hybridized carbons (Fsp3) is 0.400. The van der Waals surface area contributed by atoms with E-state index in [9.17, 15) is 9.90 Å². The standard InChI is InChI=1S/C15H20N4O2/c1-10(2)14(20)8-16-15(21)13-9-19(18-17-13)12-6-4-5-11(3)7-12/h4-7,9-10,14,20H,8H2,1-3H3,(H,16,21). The first kappa shape index (κ1) is 15.2. The zero-order valence-corrected chi connectivity index (χ0v) is 12.4. The van der Waals surface area contributed by atoms with Crippen LogP contribution in [0.4, 0.5) is 0 Å². The zero-order valence-electron chi connectivity index (χ0n) is 12.4. The summed E-state index contributed by atoms with van der Waals surface area (Å²) in [4.78, 5) is 11.9. The monoisotopic (exact) mass is 288 g/mol. The van der Waals surface area contributed by atoms with Crippen molar-refractivity contribution < 1.29 is 9.90 Å². The second-order valence-electron chi connectivity index (χ2n) is 5.41. The summed E-state index contributed by atoms with van der Waals surface area (Å²) in [5.41, 5.74) is 2.19. The Morgan fingerprint density at radius 3 is 2.86 bits per heavy atom. The maximum atomic E-state index is 11.9. The van der Waals surface area contributed by atoms with Crippen LogP contribution in [-0.4, -0.2) is 38.7 Å². The molecule has 6 nitrogen and oxygen atoms in total. The van der Waals surface area contributed by atoms with Crippen LogP contribution in [0.5, 0.6) is 0 Å². The first-order valence-electron chi connectivity index (χ1n) is 6.93. The summed E-state index contributed by atoms with van der Waals surface area (Å²) in [6.07, 6.45) is 1.01. The number of amides is 1. The molecule has 2 aromatic rings. The van der Waals surface area contributed by atoms with Crippen LogP contribution in [0.1, 0.15) is 29.9 Å². The number of benzene rings is 1. The largest absolute Gasteiger partial charge is 0.391 e. The number of carbonyl (C=O) groups is 1. The summed E-state index contributed by atoms with van der Waals surface area (Å²) in [7, 11) is 0. The molecule has 21 heavy (non-hydrogen) atoms. The third-order valence-electron chi connectivity index (χ3n) is 3.23. The molecule has 1 amide bonds. The maximum Gasteiger partial charge on any atom is 0.273 e. The molecular formula is C15H20N4O2. The van der Waals surface area contributed by atoms with E-state index < -0.39 is 6.10 Å². The van der Waals surface area contributed by atoms with Crippen molar-refractivity contribution in [2.45, 2.75) is 26.9 Å². The number of aromatic nitrogens is 3. The zero-order chi connectivity index (χ0) is 15.4. The highest BCUT2D eigenvalue weighted by Crippen LogP contribution is 2.09. The molecule has 0 aliphatic carbocycles. The minimum absolute atomic E-state index is 0.0910. The average Bonchev–Trinajstić information content (AvgIpc) is 2.94. The maximum absolute atomic E-state index is 11.9. The summed E-state index contributed by atoms with van der Waals surface area (Å²) in [6, 6.07) is 7.76. The van der Waals surface area contributed by atoms with E-state index in [1.807, 2.05) is 45.0 Å².